The van der Waals surface area contributed by atoms with E-state index >= 15 is 0 Å². The summed E-state index contributed by atoms with van der Waals surface area (Å²) < 4.78 is 10.6. The fourth-order valence-corrected chi connectivity index (χ4v) is 1.72. The summed E-state index contributed by atoms with van der Waals surface area (Å²) >= 11 is 0. The van der Waals surface area contributed by atoms with Crippen LogP contribution in [-0.4, -0.2) is 17.9 Å². The molecule has 0 atom stereocenters. The third kappa shape index (κ3) is 3.08. The normalized spacial score (nSPS) is 9.95. The van der Waals surface area contributed by atoms with E-state index in [-0.39, 0.29) is 17.0 Å². The van der Waals surface area contributed by atoms with E-state index in [2.05, 4.69) is 0 Å². The second-order valence-electron chi connectivity index (χ2n) is 4.06. The number of nitro groups is 1. The lowest BCUT2D eigenvalue weighted by atomic mass is 10.2. The van der Waals surface area contributed by atoms with Crippen molar-refractivity contribution in [2.45, 2.75) is 0 Å². The molecule has 0 radical (unpaired) electrons. The monoisotopic (exact) mass is 288 g/mol. The fraction of sp³-hybridized carbons (Fsp3) is 0.0714. The average Bonchev–Trinajstić information content (AvgIpc) is 2.47. The van der Waals surface area contributed by atoms with Crippen molar-refractivity contribution in [3.05, 3.63) is 58.1 Å². The average molecular weight is 288 g/mol. The van der Waals surface area contributed by atoms with Gasteiger partial charge in [0.15, 0.2) is 11.5 Å². The van der Waals surface area contributed by atoms with Crippen LogP contribution >= 0.6 is 0 Å². The molecular formula is C14H12N2O5. The Morgan fingerprint density at radius 3 is 2.38 bits per heavy atom. The Labute approximate surface area is 120 Å². The van der Waals surface area contributed by atoms with Gasteiger partial charge in [-0.15, -0.1) is 0 Å². The standard InChI is InChI=1S/C14H12N2O5/c1-20-12-4-2-3-5-13(12)21-11-7-6-9(14(15)17)8-10(11)16(18)19/h2-8H,1H3,(H2,15,17). The minimum absolute atomic E-state index is 0.00509. The molecule has 0 unspecified atom stereocenters. The molecule has 0 heterocycles. The quantitative estimate of drug-likeness (QED) is 0.672. The smallest absolute Gasteiger partial charge is 0.312 e. The van der Waals surface area contributed by atoms with E-state index in [1.54, 1.807) is 24.3 Å². The van der Waals surface area contributed by atoms with Gasteiger partial charge in [0.05, 0.1) is 12.0 Å². The summed E-state index contributed by atoms with van der Waals surface area (Å²) in [6.45, 7) is 0. The first-order valence-corrected chi connectivity index (χ1v) is 5.92. The molecule has 0 aliphatic rings. The highest BCUT2D eigenvalue weighted by molar-refractivity contribution is 5.93. The summed E-state index contributed by atoms with van der Waals surface area (Å²) in [5, 5.41) is 11.1. The highest BCUT2D eigenvalue weighted by atomic mass is 16.6. The summed E-state index contributed by atoms with van der Waals surface area (Å²) in [5.41, 5.74) is 4.80. The number of nitro benzene ring substituents is 1. The zero-order valence-corrected chi connectivity index (χ0v) is 11.1. The minimum atomic E-state index is -0.748. The molecule has 0 aromatic heterocycles. The Kier molecular flexibility index (Phi) is 4.03. The molecule has 7 nitrogen and oxygen atoms in total. The first kappa shape index (κ1) is 14.3. The van der Waals surface area contributed by atoms with Crippen LogP contribution in [-0.2, 0) is 0 Å². The van der Waals surface area contributed by atoms with Crippen LogP contribution in [0.4, 0.5) is 5.69 Å². The van der Waals surface area contributed by atoms with Gasteiger partial charge in [-0.3, -0.25) is 14.9 Å². The summed E-state index contributed by atoms with van der Waals surface area (Å²) in [5.74, 6) is 0.0112. The Balaban J connectivity index is 2.44. The van der Waals surface area contributed by atoms with E-state index in [0.29, 0.717) is 11.5 Å². The van der Waals surface area contributed by atoms with Crippen LogP contribution in [0.5, 0.6) is 17.2 Å². The predicted molar refractivity (Wildman–Crippen MR) is 74.7 cm³/mol. The molecule has 0 aliphatic heterocycles. The summed E-state index contributed by atoms with van der Waals surface area (Å²) in [7, 11) is 1.47. The van der Waals surface area contributed by atoms with Gasteiger partial charge in [0, 0.05) is 11.6 Å². The molecule has 0 saturated heterocycles. The highest BCUT2D eigenvalue weighted by Crippen LogP contribution is 2.36. The number of hydrogen-bond donors (Lipinski definition) is 1. The van der Waals surface area contributed by atoms with Crippen molar-refractivity contribution in [2.75, 3.05) is 7.11 Å². The molecule has 2 rings (SSSR count). The van der Waals surface area contributed by atoms with Crippen LogP contribution in [0.2, 0.25) is 0 Å². The zero-order chi connectivity index (χ0) is 15.4. The van der Waals surface area contributed by atoms with E-state index in [9.17, 15) is 14.9 Å². The molecule has 0 aliphatic carbocycles. The van der Waals surface area contributed by atoms with Crippen molar-refractivity contribution in [1.82, 2.24) is 0 Å². The van der Waals surface area contributed by atoms with Gasteiger partial charge in [-0.05, 0) is 24.3 Å². The third-order valence-electron chi connectivity index (χ3n) is 2.73. The SMILES string of the molecule is COc1ccccc1Oc1ccc(C(N)=O)cc1[N+](=O)[O-]. The first-order valence-electron chi connectivity index (χ1n) is 5.92. The van der Waals surface area contributed by atoms with Crippen molar-refractivity contribution in [2.24, 2.45) is 5.73 Å². The van der Waals surface area contributed by atoms with Crippen LogP contribution in [0, 0.1) is 10.1 Å². The van der Waals surface area contributed by atoms with Crippen molar-refractivity contribution in [3.63, 3.8) is 0 Å². The number of amides is 1. The molecule has 2 aromatic carbocycles. The topological polar surface area (TPSA) is 105 Å². The maximum Gasteiger partial charge on any atom is 0.312 e. The number of para-hydroxylation sites is 2. The van der Waals surface area contributed by atoms with E-state index < -0.39 is 10.8 Å². The number of primary amides is 1. The molecule has 7 heteroatoms. The first-order chi connectivity index (χ1) is 10.0. The Morgan fingerprint density at radius 2 is 1.81 bits per heavy atom. The van der Waals surface area contributed by atoms with Crippen LogP contribution in [0.1, 0.15) is 10.4 Å². The van der Waals surface area contributed by atoms with E-state index in [0.717, 1.165) is 6.07 Å². The fourth-order valence-electron chi connectivity index (χ4n) is 1.72. The molecule has 0 spiro atoms. The molecule has 0 saturated carbocycles. The minimum Gasteiger partial charge on any atom is -0.493 e. The molecule has 21 heavy (non-hydrogen) atoms. The molecule has 0 bridgehead atoms. The lowest BCUT2D eigenvalue weighted by molar-refractivity contribution is -0.385. The van der Waals surface area contributed by atoms with Gasteiger partial charge in [-0.25, -0.2) is 0 Å². The maximum atomic E-state index is 11.1. The van der Waals surface area contributed by atoms with Crippen molar-refractivity contribution in [3.8, 4) is 17.2 Å². The van der Waals surface area contributed by atoms with Gasteiger partial charge in [0.2, 0.25) is 11.7 Å². The maximum absolute atomic E-state index is 11.1. The number of nitrogens with two attached hydrogens (primary N) is 1. The molecule has 2 N–H and O–H groups in total. The van der Waals surface area contributed by atoms with Crippen molar-refractivity contribution in [1.29, 1.82) is 0 Å². The summed E-state index contributed by atoms with van der Waals surface area (Å²) in [4.78, 5) is 21.5. The predicted octanol–water partition coefficient (Wildman–Crippen LogP) is 2.49. The van der Waals surface area contributed by atoms with Crippen molar-refractivity contribution >= 4 is 11.6 Å². The van der Waals surface area contributed by atoms with Gasteiger partial charge in [0.1, 0.15) is 0 Å². The summed E-state index contributed by atoms with van der Waals surface area (Å²) in [6, 6.07) is 10.5. The van der Waals surface area contributed by atoms with Crippen LogP contribution in [0.3, 0.4) is 0 Å². The van der Waals surface area contributed by atoms with Gasteiger partial charge < -0.3 is 15.2 Å². The zero-order valence-electron chi connectivity index (χ0n) is 11.1. The van der Waals surface area contributed by atoms with Gasteiger partial charge in [-0.2, -0.15) is 0 Å². The number of methoxy groups -OCH3 is 1. The van der Waals surface area contributed by atoms with Crippen molar-refractivity contribution < 1.29 is 19.2 Å². The lowest BCUT2D eigenvalue weighted by Crippen LogP contribution is -2.11. The van der Waals surface area contributed by atoms with Gasteiger partial charge in [-0.1, -0.05) is 12.1 Å². The molecule has 2 aromatic rings. The van der Waals surface area contributed by atoms with E-state index in [1.165, 1.54) is 19.2 Å². The number of nitrogens with zero attached hydrogens (tertiary/aromatic N) is 1. The molecule has 108 valence electrons. The summed E-state index contributed by atoms with van der Waals surface area (Å²) in [6.07, 6.45) is 0. The molecular weight excluding hydrogens is 276 g/mol. The largest absolute Gasteiger partial charge is 0.493 e. The van der Waals surface area contributed by atoms with Gasteiger partial charge in [0.25, 0.3) is 0 Å². The number of ether oxygens (including phenoxy) is 2. The lowest BCUT2D eigenvalue weighted by Gasteiger charge is -2.10. The van der Waals surface area contributed by atoms with E-state index in [4.69, 9.17) is 15.2 Å². The number of carbonyl (C=O) groups is 1. The number of rotatable bonds is 5. The number of benzene rings is 2. The second-order valence-corrected chi connectivity index (χ2v) is 4.06. The van der Waals surface area contributed by atoms with Crippen LogP contribution in [0.15, 0.2) is 42.5 Å². The van der Waals surface area contributed by atoms with E-state index in [1.807, 2.05) is 0 Å². The highest BCUT2D eigenvalue weighted by Gasteiger charge is 2.19. The van der Waals surface area contributed by atoms with Gasteiger partial charge >= 0.3 is 5.69 Å². The Morgan fingerprint density at radius 1 is 1.14 bits per heavy atom. The number of hydrogen-bond acceptors (Lipinski definition) is 5. The Bertz CT molecular complexity index is 700. The van der Waals surface area contributed by atoms with Crippen LogP contribution < -0.4 is 15.2 Å². The molecule has 1 amide bonds. The van der Waals surface area contributed by atoms with Crippen LogP contribution in [0.25, 0.3) is 0 Å². The Hall–Kier alpha value is -3.09. The molecule has 0 fully saturated rings. The second kappa shape index (κ2) is 5.91. The number of carbonyl (C=O) groups excluding carboxylic acids is 1. The third-order valence-corrected chi connectivity index (χ3v) is 2.73.